The number of unbranched alkanes of at least 4 members (excludes halogenated alkanes) is 6. The van der Waals surface area contributed by atoms with Crippen molar-refractivity contribution in [2.75, 3.05) is 13.2 Å². The van der Waals surface area contributed by atoms with Crippen LogP contribution >= 0.6 is 0 Å². The van der Waals surface area contributed by atoms with Gasteiger partial charge in [-0.05, 0) is 44.9 Å². The van der Waals surface area contributed by atoms with Gasteiger partial charge >= 0.3 is 11.9 Å². The smallest absolute Gasteiger partial charge is 0.308 e. The molecule has 0 unspecified atom stereocenters. The molecule has 0 aliphatic heterocycles. The lowest BCUT2D eigenvalue weighted by Gasteiger charge is -2.25. The van der Waals surface area contributed by atoms with Gasteiger partial charge in [0.2, 0.25) is 0 Å². The third-order valence-corrected chi connectivity index (χ3v) is 5.35. The van der Waals surface area contributed by atoms with Gasteiger partial charge in [0, 0.05) is 0 Å². The average molecular weight is 369 g/mol. The minimum absolute atomic E-state index is 0.0263. The van der Waals surface area contributed by atoms with Crippen LogP contribution in [0.15, 0.2) is 0 Å². The molecule has 0 N–H and O–H groups in total. The van der Waals surface area contributed by atoms with E-state index >= 15 is 0 Å². The molecule has 1 aliphatic rings. The molecule has 0 aromatic rings. The Kier molecular flexibility index (Phi) is 12.4. The third kappa shape index (κ3) is 10.2. The van der Waals surface area contributed by atoms with E-state index in [1.54, 1.807) is 0 Å². The Balaban J connectivity index is 1.97. The lowest BCUT2D eigenvalue weighted by atomic mass is 9.82. The van der Waals surface area contributed by atoms with Gasteiger partial charge in [0.25, 0.3) is 0 Å². The molecule has 152 valence electrons. The Morgan fingerprint density at radius 1 is 0.769 bits per heavy atom. The first-order valence-electron chi connectivity index (χ1n) is 10.9. The van der Waals surface area contributed by atoms with Crippen LogP contribution in [0.25, 0.3) is 0 Å². The van der Waals surface area contributed by atoms with Gasteiger partial charge in [-0.1, -0.05) is 58.8 Å². The number of rotatable bonds is 13. The maximum atomic E-state index is 12.1. The van der Waals surface area contributed by atoms with Crippen LogP contribution in [0, 0.1) is 17.8 Å². The number of esters is 2. The van der Waals surface area contributed by atoms with Crippen molar-refractivity contribution in [3.63, 3.8) is 0 Å². The first kappa shape index (κ1) is 23.0. The highest BCUT2D eigenvalue weighted by atomic mass is 16.5. The molecule has 1 fully saturated rings. The van der Waals surface area contributed by atoms with E-state index < -0.39 is 0 Å². The van der Waals surface area contributed by atoms with Gasteiger partial charge in [-0.3, -0.25) is 9.59 Å². The summed E-state index contributed by atoms with van der Waals surface area (Å²) in [5.74, 6) is 0.593. The van der Waals surface area contributed by atoms with Crippen molar-refractivity contribution in [3.05, 3.63) is 0 Å². The van der Waals surface area contributed by atoms with Crippen molar-refractivity contribution in [1.82, 2.24) is 0 Å². The quantitative estimate of drug-likeness (QED) is 0.310. The highest BCUT2D eigenvalue weighted by Crippen LogP contribution is 2.30. The van der Waals surface area contributed by atoms with Crippen LogP contribution in [-0.4, -0.2) is 25.2 Å². The van der Waals surface area contributed by atoms with E-state index in [0.29, 0.717) is 13.2 Å². The third-order valence-electron chi connectivity index (χ3n) is 5.35. The molecule has 0 saturated heterocycles. The minimum atomic E-state index is -0.108. The van der Waals surface area contributed by atoms with Crippen LogP contribution in [-0.2, 0) is 19.1 Å². The van der Waals surface area contributed by atoms with Gasteiger partial charge in [0.1, 0.15) is 0 Å². The monoisotopic (exact) mass is 368 g/mol. The van der Waals surface area contributed by atoms with Gasteiger partial charge < -0.3 is 9.47 Å². The molecule has 0 spiro atoms. The van der Waals surface area contributed by atoms with E-state index in [0.717, 1.165) is 44.4 Å². The summed E-state index contributed by atoms with van der Waals surface area (Å²) in [4.78, 5) is 23.8. The predicted octanol–water partition coefficient (Wildman–Crippen LogP) is 5.68. The zero-order chi connectivity index (χ0) is 19.2. The summed E-state index contributed by atoms with van der Waals surface area (Å²) in [6, 6.07) is 0. The van der Waals surface area contributed by atoms with Crippen LogP contribution in [0.2, 0.25) is 0 Å². The highest BCUT2D eigenvalue weighted by molar-refractivity contribution is 5.75. The largest absolute Gasteiger partial charge is 0.466 e. The molecule has 0 bridgehead atoms. The summed E-state index contributed by atoms with van der Waals surface area (Å²) < 4.78 is 10.5. The number of ether oxygens (including phenoxy) is 2. The molecule has 0 amide bonds. The molecule has 0 radical (unpaired) electrons. The molecule has 0 heterocycles. The van der Waals surface area contributed by atoms with E-state index in [-0.39, 0.29) is 23.8 Å². The molecule has 1 saturated carbocycles. The normalized spacial score (nSPS) is 20.2. The van der Waals surface area contributed by atoms with Crippen molar-refractivity contribution >= 4 is 11.9 Å². The van der Waals surface area contributed by atoms with Crippen molar-refractivity contribution < 1.29 is 19.1 Å². The van der Waals surface area contributed by atoms with Crippen LogP contribution in [0.4, 0.5) is 0 Å². The van der Waals surface area contributed by atoms with E-state index in [1.807, 2.05) is 6.92 Å². The minimum Gasteiger partial charge on any atom is -0.466 e. The van der Waals surface area contributed by atoms with E-state index in [4.69, 9.17) is 9.47 Å². The predicted molar refractivity (Wildman–Crippen MR) is 105 cm³/mol. The molecule has 4 nitrogen and oxygen atoms in total. The Bertz CT molecular complexity index is 384. The molecule has 0 atom stereocenters. The molecule has 1 aliphatic carbocycles. The maximum Gasteiger partial charge on any atom is 0.308 e. The lowest BCUT2D eigenvalue weighted by Crippen LogP contribution is -2.28. The zero-order valence-corrected chi connectivity index (χ0v) is 17.3. The summed E-state index contributed by atoms with van der Waals surface area (Å²) in [5, 5.41) is 0. The molecule has 0 aromatic carbocycles. The fourth-order valence-corrected chi connectivity index (χ4v) is 3.65. The van der Waals surface area contributed by atoms with Crippen LogP contribution < -0.4 is 0 Å². The second-order valence-corrected chi connectivity index (χ2v) is 8.13. The van der Waals surface area contributed by atoms with E-state index in [9.17, 15) is 9.59 Å². The van der Waals surface area contributed by atoms with Crippen LogP contribution in [0.1, 0.15) is 97.8 Å². The van der Waals surface area contributed by atoms with Crippen molar-refractivity contribution in [2.45, 2.75) is 97.8 Å². The summed E-state index contributed by atoms with van der Waals surface area (Å²) in [5.41, 5.74) is 0. The lowest BCUT2D eigenvalue weighted by molar-refractivity contribution is -0.155. The van der Waals surface area contributed by atoms with Crippen LogP contribution in [0.3, 0.4) is 0 Å². The van der Waals surface area contributed by atoms with Crippen LogP contribution in [0.5, 0.6) is 0 Å². The zero-order valence-electron chi connectivity index (χ0n) is 17.3. The van der Waals surface area contributed by atoms with E-state index in [1.165, 1.54) is 38.5 Å². The fraction of sp³-hybridized carbons (Fsp3) is 0.909. The molecule has 4 heteroatoms. The van der Waals surface area contributed by atoms with Gasteiger partial charge in [-0.25, -0.2) is 0 Å². The second kappa shape index (κ2) is 14.1. The molecule has 1 rings (SSSR count). The first-order chi connectivity index (χ1) is 12.5. The molecule has 26 heavy (non-hydrogen) atoms. The second-order valence-electron chi connectivity index (χ2n) is 8.13. The number of hydrogen-bond acceptors (Lipinski definition) is 4. The number of carbonyl (C=O) groups is 2. The summed E-state index contributed by atoms with van der Waals surface area (Å²) in [6.07, 6.45) is 13.0. The molecular weight excluding hydrogens is 328 g/mol. The van der Waals surface area contributed by atoms with Gasteiger partial charge in [0.05, 0.1) is 25.0 Å². The topological polar surface area (TPSA) is 52.6 Å². The van der Waals surface area contributed by atoms with Crippen molar-refractivity contribution in [1.29, 1.82) is 0 Å². The van der Waals surface area contributed by atoms with Gasteiger partial charge in [0.15, 0.2) is 0 Å². The Labute approximate surface area is 160 Å². The Morgan fingerprint density at radius 2 is 1.23 bits per heavy atom. The number of carbonyl (C=O) groups excluding carboxylic acids is 2. The first-order valence-corrected chi connectivity index (χ1v) is 10.9. The summed E-state index contributed by atoms with van der Waals surface area (Å²) >= 11 is 0. The Morgan fingerprint density at radius 3 is 1.73 bits per heavy atom. The fourth-order valence-electron chi connectivity index (χ4n) is 3.65. The van der Waals surface area contributed by atoms with E-state index in [2.05, 4.69) is 13.8 Å². The maximum absolute atomic E-state index is 12.1. The van der Waals surface area contributed by atoms with Crippen molar-refractivity contribution in [2.24, 2.45) is 17.8 Å². The summed E-state index contributed by atoms with van der Waals surface area (Å²) in [6.45, 7) is 7.37. The molecular formula is C22H40O4. The molecule has 0 aromatic heterocycles. The Hall–Kier alpha value is -1.06. The SMILES string of the molecule is CCOC(=O)C1CCC(C(=O)OCCCCCCCCCC(C)C)CC1. The number of hydrogen-bond donors (Lipinski definition) is 0. The summed E-state index contributed by atoms with van der Waals surface area (Å²) in [7, 11) is 0. The highest BCUT2D eigenvalue weighted by Gasteiger charge is 2.31. The van der Waals surface area contributed by atoms with Gasteiger partial charge in [-0.2, -0.15) is 0 Å². The standard InChI is InChI=1S/C22H40O4/c1-4-25-21(23)19-13-15-20(16-14-19)22(24)26-17-11-9-7-5-6-8-10-12-18(2)3/h18-20H,4-17H2,1-3H3. The average Bonchev–Trinajstić information content (AvgIpc) is 2.63. The van der Waals surface area contributed by atoms with Gasteiger partial charge in [-0.15, -0.1) is 0 Å². The van der Waals surface area contributed by atoms with Crippen molar-refractivity contribution in [3.8, 4) is 0 Å².